The molecular formula is C29H30F2. The van der Waals surface area contributed by atoms with Gasteiger partial charge < -0.3 is 0 Å². The highest BCUT2D eigenvalue weighted by Gasteiger charge is 2.24. The number of hydrogen-bond donors (Lipinski definition) is 0. The lowest BCUT2D eigenvalue weighted by Gasteiger charge is -2.30. The molecule has 0 aromatic heterocycles. The maximum absolute atomic E-state index is 14.7. The minimum absolute atomic E-state index is 0.185. The Morgan fingerprint density at radius 3 is 2.23 bits per heavy atom. The fourth-order valence-electron chi connectivity index (χ4n) is 4.84. The second-order valence-electron chi connectivity index (χ2n) is 8.93. The highest BCUT2D eigenvalue weighted by molar-refractivity contribution is 5.69. The molecule has 1 atom stereocenters. The van der Waals surface area contributed by atoms with Crippen LogP contribution in [-0.4, -0.2) is 0 Å². The van der Waals surface area contributed by atoms with Crippen molar-refractivity contribution < 1.29 is 8.78 Å². The quantitative estimate of drug-likeness (QED) is 0.353. The van der Waals surface area contributed by atoms with Crippen LogP contribution in [0.15, 0.2) is 72.8 Å². The minimum atomic E-state index is -0.267. The van der Waals surface area contributed by atoms with Crippen LogP contribution in [0.2, 0.25) is 0 Å². The van der Waals surface area contributed by atoms with Gasteiger partial charge in [0.2, 0.25) is 0 Å². The summed E-state index contributed by atoms with van der Waals surface area (Å²) in [5.74, 6) is 1.35. The molecule has 0 radical (unpaired) electrons. The Morgan fingerprint density at radius 2 is 1.55 bits per heavy atom. The molecule has 4 rings (SSSR count). The van der Waals surface area contributed by atoms with Crippen molar-refractivity contribution in [2.24, 2.45) is 5.92 Å². The summed E-state index contributed by atoms with van der Waals surface area (Å²) in [5.41, 5.74) is 3.97. The molecule has 1 saturated carbocycles. The highest BCUT2D eigenvalue weighted by atomic mass is 19.1. The average molecular weight is 417 g/mol. The van der Waals surface area contributed by atoms with E-state index in [4.69, 9.17) is 0 Å². The van der Waals surface area contributed by atoms with E-state index in [1.807, 2.05) is 12.1 Å². The van der Waals surface area contributed by atoms with E-state index in [0.29, 0.717) is 17.4 Å². The summed E-state index contributed by atoms with van der Waals surface area (Å²) in [6.45, 7) is 2.33. The molecule has 1 fully saturated rings. The third kappa shape index (κ3) is 5.70. The van der Waals surface area contributed by atoms with Crippen molar-refractivity contribution in [2.75, 3.05) is 0 Å². The van der Waals surface area contributed by atoms with Gasteiger partial charge in [0.25, 0.3) is 0 Å². The van der Waals surface area contributed by atoms with Gasteiger partial charge in [-0.3, -0.25) is 0 Å². The average Bonchev–Trinajstić information content (AvgIpc) is 2.80. The monoisotopic (exact) mass is 416 g/mol. The highest BCUT2D eigenvalue weighted by Crippen LogP contribution is 2.40. The van der Waals surface area contributed by atoms with Crippen LogP contribution in [0.3, 0.4) is 0 Å². The van der Waals surface area contributed by atoms with Crippen molar-refractivity contribution in [3.8, 4) is 0 Å². The molecule has 0 amide bonds. The Balaban J connectivity index is 1.33. The van der Waals surface area contributed by atoms with Gasteiger partial charge in [0, 0.05) is 5.56 Å². The lowest BCUT2D eigenvalue weighted by atomic mass is 9.75. The molecule has 31 heavy (non-hydrogen) atoms. The number of rotatable bonds is 6. The van der Waals surface area contributed by atoms with Gasteiger partial charge in [-0.05, 0) is 84.7 Å². The molecule has 1 aliphatic rings. The van der Waals surface area contributed by atoms with Crippen LogP contribution in [0.25, 0.3) is 12.2 Å². The Morgan fingerprint density at radius 1 is 0.839 bits per heavy atom. The molecule has 3 aromatic rings. The first-order valence-electron chi connectivity index (χ1n) is 11.4. The van der Waals surface area contributed by atoms with E-state index in [1.165, 1.54) is 37.0 Å². The van der Waals surface area contributed by atoms with Gasteiger partial charge in [-0.25, -0.2) is 8.78 Å². The summed E-state index contributed by atoms with van der Waals surface area (Å²) >= 11 is 0. The van der Waals surface area contributed by atoms with Crippen molar-refractivity contribution in [2.45, 2.75) is 50.9 Å². The van der Waals surface area contributed by atoms with Crippen LogP contribution in [0.4, 0.5) is 8.78 Å². The minimum Gasteiger partial charge on any atom is -0.207 e. The summed E-state index contributed by atoms with van der Waals surface area (Å²) < 4.78 is 27.7. The molecule has 0 N–H and O–H groups in total. The van der Waals surface area contributed by atoms with E-state index in [0.717, 1.165) is 29.9 Å². The molecule has 1 aliphatic carbocycles. The zero-order chi connectivity index (χ0) is 21.6. The van der Waals surface area contributed by atoms with Crippen LogP contribution in [-0.2, 0) is 0 Å². The first-order valence-corrected chi connectivity index (χ1v) is 11.4. The normalized spacial score (nSPS) is 20.1. The van der Waals surface area contributed by atoms with Crippen molar-refractivity contribution in [3.05, 3.63) is 107 Å². The first kappa shape index (κ1) is 21.5. The van der Waals surface area contributed by atoms with Gasteiger partial charge in [-0.15, -0.1) is 0 Å². The van der Waals surface area contributed by atoms with Gasteiger partial charge in [0.05, 0.1) is 0 Å². The SMILES string of the molecule is C[C@@H](CC1CCC(c2ccc(C=Cc3ccc(F)cc3)c(F)c2)CC1)c1ccccc1. The number of benzene rings is 3. The van der Waals surface area contributed by atoms with Crippen LogP contribution in [0.5, 0.6) is 0 Å². The van der Waals surface area contributed by atoms with Gasteiger partial charge in [0.1, 0.15) is 11.6 Å². The maximum atomic E-state index is 14.7. The van der Waals surface area contributed by atoms with Gasteiger partial charge >= 0.3 is 0 Å². The zero-order valence-corrected chi connectivity index (χ0v) is 18.1. The Labute approximate surface area is 184 Å². The first-order chi connectivity index (χ1) is 15.1. The van der Waals surface area contributed by atoms with Gasteiger partial charge in [-0.1, -0.05) is 73.7 Å². The largest absolute Gasteiger partial charge is 0.207 e. The molecule has 0 bridgehead atoms. The lowest BCUT2D eigenvalue weighted by molar-refractivity contribution is 0.297. The van der Waals surface area contributed by atoms with Gasteiger partial charge in [0.15, 0.2) is 0 Å². The summed E-state index contributed by atoms with van der Waals surface area (Å²) in [7, 11) is 0. The van der Waals surface area contributed by atoms with Crippen LogP contribution in [0.1, 0.15) is 73.1 Å². The van der Waals surface area contributed by atoms with Crippen molar-refractivity contribution in [3.63, 3.8) is 0 Å². The fraction of sp³-hybridized carbons (Fsp3) is 0.310. The molecule has 0 unspecified atom stereocenters. The molecule has 0 nitrogen and oxygen atoms in total. The van der Waals surface area contributed by atoms with Crippen LogP contribution in [0, 0.1) is 17.6 Å². The second-order valence-corrected chi connectivity index (χ2v) is 8.93. The topological polar surface area (TPSA) is 0 Å². The number of hydrogen-bond acceptors (Lipinski definition) is 0. The van der Waals surface area contributed by atoms with Crippen molar-refractivity contribution >= 4 is 12.2 Å². The van der Waals surface area contributed by atoms with E-state index >= 15 is 0 Å². The Bertz CT molecular complexity index is 997. The fourth-order valence-corrected chi connectivity index (χ4v) is 4.84. The van der Waals surface area contributed by atoms with E-state index in [-0.39, 0.29) is 11.6 Å². The zero-order valence-electron chi connectivity index (χ0n) is 18.1. The molecule has 0 spiro atoms. The Kier molecular flexibility index (Phi) is 6.96. The molecule has 0 heterocycles. The predicted octanol–water partition coefficient (Wildman–Crippen LogP) is 8.60. The summed E-state index contributed by atoms with van der Waals surface area (Å²) in [4.78, 5) is 0. The maximum Gasteiger partial charge on any atom is 0.130 e. The summed E-state index contributed by atoms with van der Waals surface area (Å²) in [6, 6.07) is 22.6. The second kappa shape index (κ2) is 10.0. The molecular weight excluding hydrogens is 386 g/mol. The van der Waals surface area contributed by atoms with E-state index in [2.05, 4.69) is 43.3 Å². The van der Waals surface area contributed by atoms with Gasteiger partial charge in [-0.2, -0.15) is 0 Å². The molecule has 3 aromatic carbocycles. The van der Waals surface area contributed by atoms with Crippen molar-refractivity contribution in [1.29, 1.82) is 0 Å². The smallest absolute Gasteiger partial charge is 0.130 e. The molecule has 2 heteroatoms. The van der Waals surface area contributed by atoms with Crippen LogP contribution >= 0.6 is 0 Å². The standard InChI is InChI=1S/C29H30F2/c1-21(24-5-3-2-4-6-24)19-23-8-12-25(13-9-23)27-16-15-26(29(31)20-27)14-7-22-10-17-28(30)18-11-22/h2-7,10-11,14-18,20-21,23,25H,8-9,12-13,19H2,1H3/t21-,23?,25?/m0/s1. The van der Waals surface area contributed by atoms with Crippen LogP contribution < -0.4 is 0 Å². The van der Waals surface area contributed by atoms with E-state index in [1.54, 1.807) is 24.3 Å². The van der Waals surface area contributed by atoms with E-state index in [9.17, 15) is 8.78 Å². The summed E-state index contributed by atoms with van der Waals surface area (Å²) in [5, 5.41) is 0. The van der Waals surface area contributed by atoms with E-state index < -0.39 is 0 Å². The Hall–Kier alpha value is -2.74. The molecule has 0 saturated heterocycles. The summed E-state index contributed by atoms with van der Waals surface area (Å²) in [6.07, 6.45) is 9.52. The molecule has 160 valence electrons. The lowest BCUT2D eigenvalue weighted by Crippen LogP contribution is -2.15. The number of halogens is 2. The van der Waals surface area contributed by atoms with Crippen molar-refractivity contribution in [1.82, 2.24) is 0 Å². The molecule has 0 aliphatic heterocycles. The third-order valence-corrected chi connectivity index (χ3v) is 6.72. The third-order valence-electron chi connectivity index (χ3n) is 6.72. The predicted molar refractivity (Wildman–Crippen MR) is 126 cm³/mol.